The topological polar surface area (TPSA) is 6.48 Å². The Morgan fingerprint density at radius 1 is 0.322 bits per heavy atom. The van der Waals surface area contributed by atoms with Crippen molar-refractivity contribution in [3.8, 4) is 56.9 Å². The Bertz CT molecular complexity index is 2830. The molecule has 9 aromatic rings. The second-order valence-corrected chi connectivity index (χ2v) is 15.3. The molecule has 59 heavy (non-hydrogen) atoms. The molecule has 0 aliphatic carbocycles. The molecule has 11 rings (SSSR count). The molecule has 3 heteroatoms. The van der Waals surface area contributed by atoms with Crippen LogP contribution in [0.2, 0.25) is 0 Å². The third kappa shape index (κ3) is 5.93. The Hall–Kier alpha value is -7.80. The second-order valence-electron chi connectivity index (χ2n) is 15.3. The van der Waals surface area contributed by atoms with Crippen molar-refractivity contribution in [3.05, 3.63) is 224 Å². The van der Waals surface area contributed by atoms with E-state index in [4.69, 9.17) is 6.42 Å². The number of nitrogens with zero attached hydrogens (tertiary/aromatic N) is 2. The van der Waals surface area contributed by atoms with E-state index >= 15 is 0 Å². The van der Waals surface area contributed by atoms with Crippen LogP contribution >= 0.6 is 0 Å². The average Bonchev–Trinajstić information content (AvgIpc) is 3.32. The lowest BCUT2D eigenvalue weighted by Gasteiger charge is -2.44. The van der Waals surface area contributed by atoms with E-state index in [2.05, 4.69) is 234 Å². The molecule has 0 saturated heterocycles. The lowest BCUT2D eigenvalue weighted by Crippen LogP contribution is -2.61. The van der Waals surface area contributed by atoms with Gasteiger partial charge in [0.05, 0.1) is 0 Å². The quantitative estimate of drug-likeness (QED) is 0.123. The minimum absolute atomic E-state index is 0.0659. The van der Waals surface area contributed by atoms with Crippen molar-refractivity contribution >= 4 is 57.2 Å². The first kappa shape index (κ1) is 34.5. The van der Waals surface area contributed by atoms with Gasteiger partial charge in [-0.15, -0.1) is 6.42 Å². The van der Waals surface area contributed by atoms with Gasteiger partial charge in [0, 0.05) is 39.7 Å². The fourth-order valence-corrected chi connectivity index (χ4v) is 9.13. The van der Waals surface area contributed by atoms with Crippen molar-refractivity contribution in [2.45, 2.75) is 0 Å². The molecule has 0 bridgehead atoms. The van der Waals surface area contributed by atoms with Gasteiger partial charge in [-0.1, -0.05) is 176 Å². The van der Waals surface area contributed by atoms with Gasteiger partial charge in [0.2, 0.25) is 0 Å². The standard InChI is InChI=1S/C56H37BN2/c1-2-39-35-54-56-55(36-39)59(49-31-25-45(26-32-49)41-17-9-4-10-18-41)53-34-28-47(43-21-13-6-14-22-43)38-51(53)57(56)50-37-46(42-19-11-5-12-20-42)27-33-52(50)58(54)48-29-23-44(24-30-48)40-15-7-3-8-16-40/h1,3-38H. The molecule has 274 valence electrons. The number of hydrogen-bond acceptors (Lipinski definition) is 2. The molecule has 0 radical (unpaired) electrons. The highest BCUT2D eigenvalue weighted by molar-refractivity contribution is 7.00. The van der Waals surface area contributed by atoms with Crippen LogP contribution in [0, 0.1) is 12.3 Å². The minimum Gasteiger partial charge on any atom is -0.311 e. The number of benzene rings is 9. The van der Waals surface area contributed by atoms with Gasteiger partial charge >= 0.3 is 0 Å². The SMILES string of the molecule is C#Cc1cc2c3c(c1)N(c1ccc(-c4ccccc4)cc1)c1ccc(-c4ccccc4)cc1B3c1cc(-c3ccccc3)ccc1N2c1ccc(-c2ccccc2)cc1. The smallest absolute Gasteiger partial charge is 0.252 e. The maximum atomic E-state index is 6.37. The van der Waals surface area contributed by atoms with Crippen LogP contribution in [0.15, 0.2) is 218 Å². The van der Waals surface area contributed by atoms with Crippen LogP contribution in [0.1, 0.15) is 5.56 Å². The summed E-state index contributed by atoms with van der Waals surface area (Å²) in [5.41, 5.74) is 20.7. The van der Waals surface area contributed by atoms with E-state index in [0.717, 1.165) is 39.7 Å². The monoisotopic (exact) mass is 748 g/mol. The molecule has 0 saturated carbocycles. The molecule has 2 heterocycles. The predicted octanol–water partition coefficient (Wildman–Crippen LogP) is 12.4. The highest BCUT2D eigenvalue weighted by atomic mass is 15.2. The van der Waals surface area contributed by atoms with Crippen LogP contribution in [0.4, 0.5) is 34.1 Å². The molecule has 0 spiro atoms. The minimum atomic E-state index is -0.0659. The Morgan fingerprint density at radius 3 is 1.00 bits per heavy atom. The summed E-state index contributed by atoms with van der Waals surface area (Å²) >= 11 is 0. The zero-order valence-electron chi connectivity index (χ0n) is 32.3. The Kier molecular flexibility index (Phi) is 8.35. The van der Waals surface area contributed by atoms with E-state index < -0.39 is 0 Å². The maximum Gasteiger partial charge on any atom is 0.252 e. The van der Waals surface area contributed by atoms with Crippen molar-refractivity contribution in [2.24, 2.45) is 0 Å². The third-order valence-electron chi connectivity index (χ3n) is 11.9. The lowest BCUT2D eigenvalue weighted by atomic mass is 9.33. The van der Waals surface area contributed by atoms with Gasteiger partial charge in [0.25, 0.3) is 6.71 Å². The van der Waals surface area contributed by atoms with Crippen molar-refractivity contribution in [1.82, 2.24) is 0 Å². The number of hydrogen-bond donors (Lipinski definition) is 0. The van der Waals surface area contributed by atoms with E-state index in [1.165, 1.54) is 60.9 Å². The molecule has 2 nitrogen and oxygen atoms in total. The van der Waals surface area contributed by atoms with Crippen LogP contribution in [0.5, 0.6) is 0 Å². The van der Waals surface area contributed by atoms with E-state index in [1.807, 2.05) is 0 Å². The third-order valence-corrected chi connectivity index (χ3v) is 11.9. The van der Waals surface area contributed by atoms with Crippen molar-refractivity contribution < 1.29 is 0 Å². The molecule has 0 unspecified atom stereocenters. The first-order chi connectivity index (χ1) is 29.2. The van der Waals surface area contributed by atoms with Crippen LogP contribution < -0.4 is 26.2 Å². The summed E-state index contributed by atoms with van der Waals surface area (Å²) in [4.78, 5) is 4.86. The average molecular weight is 749 g/mol. The Balaban J connectivity index is 1.18. The van der Waals surface area contributed by atoms with Gasteiger partial charge < -0.3 is 9.80 Å². The largest absolute Gasteiger partial charge is 0.311 e. The van der Waals surface area contributed by atoms with Gasteiger partial charge in [-0.2, -0.15) is 0 Å². The van der Waals surface area contributed by atoms with Crippen LogP contribution in [0.25, 0.3) is 44.5 Å². The van der Waals surface area contributed by atoms with E-state index in [-0.39, 0.29) is 6.71 Å². The van der Waals surface area contributed by atoms with E-state index in [0.29, 0.717) is 0 Å². The summed E-state index contributed by atoms with van der Waals surface area (Å²) in [6, 6.07) is 78.9. The van der Waals surface area contributed by atoms with Crippen molar-refractivity contribution in [1.29, 1.82) is 0 Å². The van der Waals surface area contributed by atoms with Crippen molar-refractivity contribution in [2.75, 3.05) is 9.80 Å². The molecule has 0 aromatic heterocycles. The predicted molar refractivity (Wildman–Crippen MR) is 250 cm³/mol. The molecular weight excluding hydrogens is 711 g/mol. The van der Waals surface area contributed by atoms with Crippen LogP contribution in [-0.4, -0.2) is 6.71 Å². The molecule has 2 aliphatic rings. The first-order valence-electron chi connectivity index (χ1n) is 20.2. The molecular formula is C56H37BN2. The summed E-state index contributed by atoms with van der Waals surface area (Å²) in [7, 11) is 0. The van der Waals surface area contributed by atoms with Gasteiger partial charge in [-0.25, -0.2) is 0 Å². The van der Waals surface area contributed by atoms with Crippen LogP contribution in [0.3, 0.4) is 0 Å². The molecule has 9 aromatic carbocycles. The van der Waals surface area contributed by atoms with Gasteiger partial charge in [0.1, 0.15) is 0 Å². The summed E-state index contributed by atoms with van der Waals surface area (Å²) in [5.74, 6) is 3.05. The summed E-state index contributed by atoms with van der Waals surface area (Å²) in [5, 5.41) is 0. The highest BCUT2D eigenvalue weighted by Crippen LogP contribution is 2.46. The zero-order valence-corrected chi connectivity index (χ0v) is 32.3. The van der Waals surface area contributed by atoms with Gasteiger partial charge in [-0.05, 0) is 109 Å². The highest BCUT2D eigenvalue weighted by Gasteiger charge is 2.44. The molecule has 0 fully saturated rings. The number of rotatable bonds is 6. The number of fused-ring (bicyclic) bond motifs is 4. The van der Waals surface area contributed by atoms with Crippen molar-refractivity contribution in [3.63, 3.8) is 0 Å². The fourth-order valence-electron chi connectivity index (χ4n) is 9.13. The van der Waals surface area contributed by atoms with Crippen LogP contribution in [-0.2, 0) is 0 Å². The Morgan fingerprint density at radius 2 is 0.644 bits per heavy atom. The van der Waals surface area contributed by atoms with E-state index in [1.54, 1.807) is 0 Å². The lowest BCUT2D eigenvalue weighted by molar-refractivity contribution is 1.25. The summed E-state index contributed by atoms with van der Waals surface area (Å²) < 4.78 is 0. The van der Waals surface area contributed by atoms with Gasteiger partial charge in [0.15, 0.2) is 0 Å². The summed E-state index contributed by atoms with van der Waals surface area (Å²) in [6.45, 7) is -0.0659. The molecule has 0 amide bonds. The Labute approximate surface area is 346 Å². The fraction of sp³-hybridized carbons (Fsp3) is 0. The second kappa shape index (κ2) is 14.3. The zero-order chi connectivity index (χ0) is 39.3. The molecule has 2 aliphatic heterocycles. The first-order valence-corrected chi connectivity index (χ1v) is 20.2. The van der Waals surface area contributed by atoms with E-state index in [9.17, 15) is 0 Å². The van der Waals surface area contributed by atoms with Gasteiger partial charge in [-0.3, -0.25) is 0 Å². The number of terminal acetylenes is 1. The molecule has 0 N–H and O–H groups in total. The maximum absolute atomic E-state index is 6.37. The molecule has 0 atom stereocenters. The number of anilines is 6. The summed E-state index contributed by atoms with van der Waals surface area (Å²) in [6.07, 6.45) is 6.37. The normalized spacial score (nSPS) is 12.3.